The number of amides is 2. The van der Waals surface area contributed by atoms with Crippen LogP contribution in [0.2, 0.25) is 5.02 Å². The van der Waals surface area contributed by atoms with Crippen LogP contribution in [0, 0.1) is 20.8 Å². The van der Waals surface area contributed by atoms with Gasteiger partial charge < -0.3 is 30.7 Å². The number of nitrogens with zero attached hydrogens (tertiary/aromatic N) is 4. The Labute approximate surface area is 365 Å². The summed E-state index contributed by atoms with van der Waals surface area (Å²) in [6, 6.07) is 29.3. The van der Waals surface area contributed by atoms with Crippen LogP contribution in [0.4, 0.5) is 34.1 Å². The zero-order valence-corrected chi connectivity index (χ0v) is 35.3. The number of halogens is 1. The van der Waals surface area contributed by atoms with Gasteiger partial charge in [0.2, 0.25) is 0 Å². The summed E-state index contributed by atoms with van der Waals surface area (Å²) in [5, 5.41) is 57.4. The van der Waals surface area contributed by atoms with Gasteiger partial charge in [-0.1, -0.05) is 72.3 Å². The number of hydrogen-bond acceptors (Lipinski definition) is 11. The van der Waals surface area contributed by atoms with Crippen molar-refractivity contribution in [1.82, 2.24) is 0 Å². The van der Waals surface area contributed by atoms with Gasteiger partial charge in [0, 0.05) is 16.5 Å². The van der Waals surface area contributed by atoms with Crippen molar-refractivity contribution in [2.24, 2.45) is 20.5 Å². The maximum atomic E-state index is 13.9. The first kappa shape index (κ1) is 43.1. The van der Waals surface area contributed by atoms with Crippen molar-refractivity contribution in [2.75, 3.05) is 10.6 Å². The molecule has 316 valence electrons. The fourth-order valence-corrected chi connectivity index (χ4v) is 6.87. The summed E-state index contributed by atoms with van der Waals surface area (Å²) in [7, 11) is 0. The highest BCUT2D eigenvalue weighted by molar-refractivity contribution is 6.34. The zero-order valence-electron chi connectivity index (χ0n) is 34.5. The van der Waals surface area contributed by atoms with E-state index in [1.165, 1.54) is 36.4 Å². The van der Waals surface area contributed by atoms with Crippen molar-refractivity contribution in [3.05, 3.63) is 153 Å². The van der Waals surface area contributed by atoms with Gasteiger partial charge in [0.25, 0.3) is 11.8 Å². The van der Waals surface area contributed by atoms with Crippen LogP contribution in [0.3, 0.4) is 0 Å². The Morgan fingerprint density at radius 3 is 1.57 bits per heavy atom. The first-order valence-electron chi connectivity index (χ1n) is 19.5. The Balaban J connectivity index is 1.15. The monoisotopic (exact) mass is 862 g/mol. The van der Waals surface area contributed by atoms with Crippen LogP contribution in [-0.2, 0) is 4.74 Å². The van der Waals surface area contributed by atoms with Crippen molar-refractivity contribution < 1.29 is 39.2 Å². The predicted octanol–water partition coefficient (Wildman–Crippen LogP) is 12.6. The van der Waals surface area contributed by atoms with E-state index in [1.807, 2.05) is 0 Å². The van der Waals surface area contributed by atoms with Crippen LogP contribution in [0.15, 0.2) is 130 Å². The molecule has 15 heteroatoms. The van der Waals surface area contributed by atoms with E-state index in [0.717, 1.165) is 0 Å². The number of carbonyl (C=O) groups excluding carboxylic acids is 3. The molecule has 0 atom stereocenters. The lowest BCUT2D eigenvalue weighted by Gasteiger charge is -2.15. The summed E-state index contributed by atoms with van der Waals surface area (Å²) in [6.45, 7) is 8.71. The normalized spacial score (nSPS) is 11.5. The lowest BCUT2D eigenvalue weighted by molar-refractivity contribution is 0.0377. The van der Waals surface area contributed by atoms with Crippen molar-refractivity contribution in [3.8, 4) is 11.5 Å². The molecule has 0 fully saturated rings. The van der Waals surface area contributed by atoms with E-state index in [1.54, 1.807) is 107 Å². The first-order chi connectivity index (χ1) is 30.1. The molecular formula is C48H39ClN6O8. The van der Waals surface area contributed by atoms with E-state index >= 15 is 0 Å². The van der Waals surface area contributed by atoms with Crippen LogP contribution in [0.25, 0.3) is 21.5 Å². The summed E-state index contributed by atoms with van der Waals surface area (Å²) >= 11 is 6.69. The second kappa shape index (κ2) is 17.9. The quantitative estimate of drug-likeness (QED) is 0.0622. The van der Waals surface area contributed by atoms with Crippen LogP contribution >= 0.6 is 11.6 Å². The average Bonchev–Trinajstić information content (AvgIpc) is 3.25. The zero-order chi connectivity index (χ0) is 45.1. The van der Waals surface area contributed by atoms with Gasteiger partial charge in [0.1, 0.15) is 11.4 Å². The number of carboxylic acids is 1. The molecule has 2 amide bonds. The van der Waals surface area contributed by atoms with Gasteiger partial charge in [0.05, 0.1) is 50.4 Å². The van der Waals surface area contributed by atoms with Gasteiger partial charge in [-0.2, -0.15) is 10.2 Å². The maximum Gasteiger partial charge on any atom is 0.338 e. The van der Waals surface area contributed by atoms with Crippen molar-refractivity contribution >= 4 is 91.0 Å². The number of ether oxygens (including phenoxy) is 1. The highest BCUT2D eigenvalue weighted by Crippen LogP contribution is 2.42. The smallest absolute Gasteiger partial charge is 0.338 e. The van der Waals surface area contributed by atoms with Gasteiger partial charge in [-0.05, 0) is 111 Å². The minimum atomic E-state index is -1.13. The molecule has 0 aliphatic heterocycles. The first-order valence-corrected chi connectivity index (χ1v) is 19.9. The summed E-state index contributed by atoms with van der Waals surface area (Å²) in [6.07, 6.45) is -0.319. The third-order valence-electron chi connectivity index (χ3n) is 10.0. The molecule has 14 nitrogen and oxygen atoms in total. The van der Waals surface area contributed by atoms with Crippen molar-refractivity contribution in [3.63, 3.8) is 0 Å². The minimum absolute atomic E-state index is 0.000716. The van der Waals surface area contributed by atoms with E-state index in [-0.39, 0.29) is 61.8 Å². The van der Waals surface area contributed by atoms with Crippen LogP contribution in [0.1, 0.15) is 72.0 Å². The van der Waals surface area contributed by atoms with E-state index in [0.29, 0.717) is 43.9 Å². The number of azo groups is 2. The Bertz CT molecular complexity index is 3090. The minimum Gasteiger partial charge on any atom is -0.505 e. The average molecular weight is 863 g/mol. The van der Waals surface area contributed by atoms with Crippen LogP contribution in [0.5, 0.6) is 11.5 Å². The Kier molecular flexibility index (Phi) is 12.3. The van der Waals surface area contributed by atoms with Gasteiger partial charge in [0.15, 0.2) is 11.5 Å². The number of anilines is 2. The van der Waals surface area contributed by atoms with E-state index < -0.39 is 35.3 Å². The molecule has 0 aromatic heterocycles. The fraction of sp³-hybridized carbons (Fsp3) is 0.125. The molecule has 0 aliphatic carbocycles. The summed E-state index contributed by atoms with van der Waals surface area (Å²) in [5.74, 6) is -3.97. The highest BCUT2D eigenvalue weighted by Gasteiger charge is 2.23. The number of carbonyl (C=O) groups is 4. The molecule has 7 aromatic carbocycles. The van der Waals surface area contributed by atoms with Crippen molar-refractivity contribution in [2.45, 2.75) is 40.7 Å². The second-order valence-corrected chi connectivity index (χ2v) is 15.3. The molecule has 0 bridgehead atoms. The van der Waals surface area contributed by atoms with Crippen molar-refractivity contribution in [1.29, 1.82) is 0 Å². The summed E-state index contributed by atoms with van der Waals surface area (Å²) in [4.78, 5) is 51.8. The lowest BCUT2D eigenvalue weighted by atomic mass is 10.0. The van der Waals surface area contributed by atoms with E-state index in [4.69, 9.17) is 16.3 Å². The standard InChI is InChI=1S/C48H39ClN6O8/c1-24(2)63-48(62)31-17-15-26(4)39(22-31)53-55-42-33-13-9-7-11-29(33)20-35(44(42)57)46(59)51-40-18-27(5)37(23-36(40)49)50-45(58)34-19-28-10-6-8-12-32(28)41(43(34)56)54-52-38-21-30(47(60)61)16-14-25(38)3/h6-24,56-57H,1-5H3,(H,50,58)(H,51,59)(H,60,61). The SMILES string of the molecule is Cc1ccc(C(=O)O)cc1N=Nc1c(O)c(C(=O)Nc2cc(Cl)c(NC(=O)c3cc4ccccc4c(N=Nc4cc(C(=O)OC(C)C)ccc4C)c3O)cc2C)cc2ccccc12. The topological polar surface area (TPSA) is 212 Å². The number of phenols is 2. The largest absolute Gasteiger partial charge is 0.505 e. The van der Waals surface area contributed by atoms with E-state index in [2.05, 4.69) is 31.1 Å². The molecule has 0 saturated carbocycles. The van der Waals surface area contributed by atoms with Gasteiger partial charge >= 0.3 is 11.9 Å². The number of aromatic hydroxyl groups is 2. The molecule has 7 aromatic rings. The number of aryl methyl sites for hydroxylation is 3. The third kappa shape index (κ3) is 9.21. The molecule has 0 unspecified atom stereocenters. The number of aromatic carboxylic acids is 1. The molecule has 5 N–H and O–H groups in total. The number of nitrogens with one attached hydrogen (secondary N) is 2. The second-order valence-electron chi connectivity index (χ2n) is 14.9. The molecule has 0 aliphatic rings. The molecular weight excluding hydrogens is 824 g/mol. The Morgan fingerprint density at radius 1 is 0.587 bits per heavy atom. The Hall–Kier alpha value is -7.97. The van der Waals surface area contributed by atoms with Crippen LogP contribution < -0.4 is 10.6 Å². The maximum absolute atomic E-state index is 13.9. The number of esters is 1. The number of benzene rings is 7. The molecule has 0 radical (unpaired) electrons. The predicted molar refractivity (Wildman–Crippen MR) is 242 cm³/mol. The van der Waals surface area contributed by atoms with Crippen LogP contribution in [-0.4, -0.2) is 45.2 Å². The molecule has 0 saturated heterocycles. The molecule has 0 spiro atoms. The molecule has 7 rings (SSSR count). The van der Waals surface area contributed by atoms with Gasteiger partial charge in [-0.3, -0.25) is 9.59 Å². The molecule has 63 heavy (non-hydrogen) atoms. The molecule has 0 heterocycles. The van der Waals surface area contributed by atoms with Gasteiger partial charge in [-0.25, -0.2) is 9.59 Å². The number of rotatable bonds is 11. The number of fused-ring (bicyclic) bond motifs is 2. The number of phenolic OH excluding ortho intramolecular Hbond substituents is 2. The Morgan fingerprint density at radius 2 is 1.06 bits per heavy atom. The number of hydrogen-bond donors (Lipinski definition) is 5. The third-order valence-corrected chi connectivity index (χ3v) is 10.4. The fourth-order valence-electron chi connectivity index (χ4n) is 6.66. The summed E-state index contributed by atoms with van der Waals surface area (Å²) < 4.78 is 5.32. The van der Waals surface area contributed by atoms with Gasteiger partial charge in [-0.15, -0.1) is 10.2 Å². The number of carboxylic acid groups (broad SMARTS) is 1. The summed E-state index contributed by atoms with van der Waals surface area (Å²) in [5.41, 5.74) is 3.00. The lowest BCUT2D eigenvalue weighted by Crippen LogP contribution is -2.15. The highest BCUT2D eigenvalue weighted by atomic mass is 35.5. The van der Waals surface area contributed by atoms with E-state index in [9.17, 15) is 34.5 Å².